The van der Waals surface area contributed by atoms with Gasteiger partial charge in [0.2, 0.25) is 0 Å². The third kappa shape index (κ3) is 1.90. The average Bonchev–Trinajstić information content (AvgIpc) is 3.10. The summed E-state index contributed by atoms with van der Waals surface area (Å²) in [6, 6.07) is 4.25. The van der Waals surface area contributed by atoms with Crippen molar-refractivity contribution in [3.63, 3.8) is 0 Å². The van der Waals surface area contributed by atoms with Crippen molar-refractivity contribution >= 4 is 0 Å². The number of aliphatic hydroxyl groups is 1. The Balaban J connectivity index is 1.67. The van der Waals surface area contributed by atoms with Gasteiger partial charge in [-0.05, 0) is 62.1 Å². The van der Waals surface area contributed by atoms with E-state index in [0.717, 1.165) is 32.2 Å². The molecule has 5 heteroatoms. The topological polar surface area (TPSA) is 71.0 Å². The standard InChI is InChI=1S/C26H37NO4/c1-14-13-27-18-11-15-7-8-16(28)20-19(15)26(14)21(31-20)25(30-6)10-9-24(18,26)12-17(25)23(5,29)22(2,3)4/h7-8,14,17-18,21,27-29H,9-13H2,1-6H3/t14-,17+,18+,21-,23?,24+,25+,26-/m0/s1. The zero-order valence-corrected chi connectivity index (χ0v) is 19.7. The second-order valence-electron chi connectivity index (χ2n) is 12.4. The molecule has 4 bridgehead atoms. The van der Waals surface area contributed by atoms with Gasteiger partial charge in [0.25, 0.3) is 0 Å². The molecule has 2 aliphatic heterocycles. The Hall–Kier alpha value is -1.30. The van der Waals surface area contributed by atoms with Gasteiger partial charge in [-0.3, -0.25) is 0 Å². The zero-order valence-electron chi connectivity index (χ0n) is 19.7. The minimum Gasteiger partial charge on any atom is -0.504 e. The van der Waals surface area contributed by atoms with Crippen LogP contribution in [0.15, 0.2) is 12.1 Å². The molecular formula is C26H37NO4. The van der Waals surface area contributed by atoms with Crippen molar-refractivity contribution in [2.45, 2.75) is 89.1 Å². The molecule has 0 aromatic heterocycles. The number of aromatic hydroxyl groups is 1. The first-order valence-electron chi connectivity index (χ1n) is 12.0. The summed E-state index contributed by atoms with van der Waals surface area (Å²) >= 11 is 0. The molecule has 31 heavy (non-hydrogen) atoms. The number of hydrogen-bond donors (Lipinski definition) is 3. The van der Waals surface area contributed by atoms with Gasteiger partial charge < -0.3 is 25.0 Å². The average molecular weight is 428 g/mol. The smallest absolute Gasteiger partial charge is 0.165 e. The third-order valence-corrected chi connectivity index (χ3v) is 10.8. The molecule has 1 aromatic rings. The Morgan fingerprint density at radius 1 is 1.19 bits per heavy atom. The highest BCUT2D eigenvalue weighted by molar-refractivity contribution is 5.63. The molecule has 6 aliphatic rings. The fourth-order valence-corrected chi connectivity index (χ4v) is 8.93. The van der Waals surface area contributed by atoms with Crippen LogP contribution >= 0.6 is 0 Å². The minimum atomic E-state index is -0.921. The number of fused-ring (bicyclic) bond motifs is 2. The molecule has 4 aliphatic carbocycles. The lowest BCUT2D eigenvalue weighted by molar-refractivity contribution is -0.310. The van der Waals surface area contributed by atoms with E-state index >= 15 is 0 Å². The number of rotatable bonds is 2. The Morgan fingerprint density at radius 2 is 1.94 bits per heavy atom. The Kier molecular flexibility index (Phi) is 3.67. The first kappa shape index (κ1) is 20.3. The zero-order chi connectivity index (χ0) is 22.2. The molecular weight excluding hydrogens is 390 g/mol. The summed E-state index contributed by atoms with van der Waals surface area (Å²) in [5.74, 6) is 1.22. The largest absolute Gasteiger partial charge is 0.504 e. The van der Waals surface area contributed by atoms with Gasteiger partial charge in [0.05, 0.1) is 11.0 Å². The summed E-state index contributed by atoms with van der Waals surface area (Å²) in [5, 5.41) is 26.8. The molecule has 8 atom stereocenters. The number of piperidine rings is 1. The van der Waals surface area contributed by atoms with E-state index in [9.17, 15) is 10.2 Å². The quantitative estimate of drug-likeness (QED) is 0.674. The van der Waals surface area contributed by atoms with Gasteiger partial charge in [-0.15, -0.1) is 0 Å². The molecule has 0 radical (unpaired) electrons. The summed E-state index contributed by atoms with van der Waals surface area (Å²) in [5.41, 5.74) is 0.544. The summed E-state index contributed by atoms with van der Waals surface area (Å²) < 4.78 is 13.3. The van der Waals surface area contributed by atoms with Crippen molar-refractivity contribution in [1.82, 2.24) is 5.32 Å². The van der Waals surface area contributed by atoms with Gasteiger partial charge >= 0.3 is 0 Å². The highest BCUT2D eigenvalue weighted by Gasteiger charge is 2.83. The second kappa shape index (κ2) is 5.60. The lowest BCUT2D eigenvalue weighted by Crippen LogP contribution is -2.84. The van der Waals surface area contributed by atoms with Crippen molar-refractivity contribution in [3.05, 3.63) is 23.3 Å². The Bertz CT molecular complexity index is 967. The molecule has 170 valence electrons. The van der Waals surface area contributed by atoms with E-state index in [-0.39, 0.29) is 34.0 Å². The predicted octanol–water partition coefficient (Wildman–Crippen LogP) is 3.54. The molecule has 1 aromatic carbocycles. The fraction of sp³-hybridized carbons (Fsp3) is 0.769. The first-order chi connectivity index (χ1) is 14.5. The lowest BCUT2D eigenvalue weighted by atomic mass is 9.32. The van der Waals surface area contributed by atoms with E-state index in [1.165, 1.54) is 11.1 Å². The molecule has 5 nitrogen and oxygen atoms in total. The molecule has 0 amide bonds. The van der Waals surface area contributed by atoms with Crippen LogP contribution in [0.4, 0.5) is 0 Å². The van der Waals surface area contributed by atoms with Gasteiger partial charge in [-0.25, -0.2) is 0 Å². The number of phenols is 1. The normalized spacial score (nSPS) is 46.3. The van der Waals surface area contributed by atoms with Crippen LogP contribution in [0.3, 0.4) is 0 Å². The van der Waals surface area contributed by atoms with E-state index in [4.69, 9.17) is 9.47 Å². The van der Waals surface area contributed by atoms with Crippen LogP contribution in [0.2, 0.25) is 0 Å². The Labute approximate surface area is 185 Å². The van der Waals surface area contributed by atoms with Crippen LogP contribution in [0.25, 0.3) is 0 Å². The number of nitrogens with one attached hydrogen (secondary N) is 1. The molecule has 7 rings (SSSR count). The fourth-order valence-electron chi connectivity index (χ4n) is 8.93. The van der Waals surface area contributed by atoms with Crippen molar-refractivity contribution in [2.24, 2.45) is 22.7 Å². The van der Waals surface area contributed by atoms with Crippen LogP contribution in [0, 0.1) is 22.7 Å². The van der Waals surface area contributed by atoms with Crippen LogP contribution in [0.1, 0.15) is 65.0 Å². The van der Waals surface area contributed by atoms with Crippen LogP contribution in [-0.4, -0.2) is 47.2 Å². The number of methoxy groups -OCH3 is 1. The van der Waals surface area contributed by atoms with E-state index in [2.05, 4.69) is 39.1 Å². The maximum Gasteiger partial charge on any atom is 0.165 e. The lowest BCUT2D eigenvalue weighted by Gasteiger charge is -2.75. The van der Waals surface area contributed by atoms with Gasteiger partial charge in [0.15, 0.2) is 11.5 Å². The van der Waals surface area contributed by atoms with Gasteiger partial charge in [-0.1, -0.05) is 33.8 Å². The Morgan fingerprint density at radius 3 is 2.61 bits per heavy atom. The first-order valence-corrected chi connectivity index (χ1v) is 12.0. The van der Waals surface area contributed by atoms with Crippen LogP contribution in [0.5, 0.6) is 11.5 Å². The van der Waals surface area contributed by atoms with E-state index in [0.29, 0.717) is 17.7 Å². The monoisotopic (exact) mass is 427 g/mol. The summed E-state index contributed by atoms with van der Waals surface area (Å²) in [6.07, 6.45) is 3.61. The van der Waals surface area contributed by atoms with Crippen molar-refractivity contribution < 1.29 is 19.7 Å². The molecule has 2 spiro atoms. The maximum atomic E-state index is 12.0. The van der Waals surface area contributed by atoms with Crippen molar-refractivity contribution in [3.8, 4) is 11.5 Å². The summed E-state index contributed by atoms with van der Waals surface area (Å²) in [7, 11) is 1.81. The van der Waals surface area contributed by atoms with Crippen LogP contribution in [-0.2, 0) is 16.6 Å². The molecule has 1 unspecified atom stereocenters. The SMILES string of the molecule is CO[C@]12CC[C@@]3(C[C@@H]1C(C)(O)C(C)(C)C)[C@H]1Cc4ccc(O)c5c4[C@@]3([C@@H](C)CN1)[C@H]2O5. The molecule has 3 saturated carbocycles. The van der Waals surface area contributed by atoms with Crippen LogP contribution < -0.4 is 10.1 Å². The second-order valence-corrected chi connectivity index (χ2v) is 12.4. The maximum absolute atomic E-state index is 12.0. The number of benzene rings is 1. The highest BCUT2D eigenvalue weighted by Crippen LogP contribution is 2.78. The molecule has 2 heterocycles. The van der Waals surface area contributed by atoms with E-state index in [1.807, 2.05) is 6.92 Å². The van der Waals surface area contributed by atoms with Gasteiger partial charge in [0, 0.05) is 30.0 Å². The van der Waals surface area contributed by atoms with Crippen molar-refractivity contribution in [1.29, 1.82) is 0 Å². The van der Waals surface area contributed by atoms with E-state index in [1.54, 1.807) is 13.2 Å². The third-order valence-electron chi connectivity index (χ3n) is 10.8. The molecule has 3 N–H and O–H groups in total. The van der Waals surface area contributed by atoms with Gasteiger partial charge in [-0.2, -0.15) is 0 Å². The highest BCUT2D eigenvalue weighted by atomic mass is 16.6. The van der Waals surface area contributed by atoms with Crippen molar-refractivity contribution in [2.75, 3.05) is 13.7 Å². The summed E-state index contributed by atoms with van der Waals surface area (Å²) in [4.78, 5) is 0. The minimum absolute atomic E-state index is 0.0123. The molecule has 4 fully saturated rings. The number of ether oxygens (including phenoxy) is 2. The molecule has 1 saturated heterocycles. The summed E-state index contributed by atoms with van der Waals surface area (Å²) in [6.45, 7) is 11.7. The van der Waals surface area contributed by atoms with Gasteiger partial charge in [0.1, 0.15) is 11.7 Å². The van der Waals surface area contributed by atoms with E-state index < -0.39 is 11.2 Å². The number of phenolic OH excluding ortho intramolecular Hbond substituents is 1. The predicted molar refractivity (Wildman–Crippen MR) is 118 cm³/mol. The number of hydrogen-bond acceptors (Lipinski definition) is 5.